The maximum atomic E-state index is 12.1. The molecule has 1 aromatic rings. The summed E-state index contributed by atoms with van der Waals surface area (Å²) in [4.78, 5) is 4.01. The Morgan fingerprint density at radius 2 is 1.89 bits per heavy atom. The molecule has 0 spiro atoms. The van der Waals surface area contributed by atoms with Crippen LogP contribution < -0.4 is 5.73 Å². The van der Waals surface area contributed by atoms with Crippen LogP contribution in [0.15, 0.2) is 4.52 Å². The predicted molar refractivity (Wildman–Crippen MR) is 57.6 cm³/mol. The molecule has 0 unspecified atom stereocenters. The van der Waals surface area contributed by atoms with Crippen molar-refractivity contribution < 1.29 is 17.7 Å². The van der Waals surface area contributed by atoms with E-state index in [1.54, 1.807) is 0 Å². The van der Waals surface area contributed by atoms with E-state index in [-0.39, 0.29) is 18.1 Å². The van der Waals surface area contributed by atoms with Crippen LogP contribution in [0, 0.1) is 0 Å². The van der Waals surface area contributed by atoms with Gasteiger partial charge in [0.15, 0.2) is 5.82 Å². The summed E-state index contributed by atoms with van der Waals surface area (Å²) >= 11 is 0. The van der Waals surface area contributed by atoms with Gasteiger partial charge in [0.25, 0.3) is 0 Å². The fraction of sp³-hybridized carbons (Fsp3) is 0.818. The molecule has 102 valence electrons. The van der Waals surface area contributed by atoms with Crippen LogP contribution in [0.5, 0.6) is 0 Å². The zero-order valence-corrected chi connectivity index (χ0v) is 9.96. The molecule has 1 aliphatic carbocycles. The highest BCUT2D eigenvalue weighted by atomic mass is 19.4. The molecule has 1 fully saturated rings. The maximum absolute atomic E-state index is 12.1. The maximum Gasteiger partial charge on any atom is 0.389 e. The Kier molecular flexibility index (Phi) is 3.61. The Hall–Kier alpha value is -1.11. The lowest BCUT2D eigenvalue weighted by Gasteiger charge is -2.29. The fourth-order valence-corrected chi connectivity index (χ4v) is 2.21. The highest BCUT2D eigenvalue weighted by molar-refractivity contribution is 5.03. The Labute approximate surface area is 103 Å². The molecule has 0 saturated heterocycles. The second-order valence-corrected chi connectivity index (χ2v) is 4.85. The van der Waals surface area contributed by atoms with Gasteiger partial charge in [-0.2, -0.15) is 18.2 Å². The van der Waals surface area contributed by atoms with E-state index in [1.165, 1.54) is 0 Å². The summed E-state index contributed by atoms with van der Waals surface area (Å²) in [6.45, 7) is 0. The topological polar surface area (TPSA) is 64.9 Å². The van der Waals surface area contributed by atoms with Crippen LogP contribution in [-0.4, -0.2) is 16.3 Å². The van der Waals surface area contributed by atoms with Crippen LogP contribution in [0.1, 0.15) is 50.2 Å². The lowest BCUT2D eigenvalue weighted by Crippen LogP contribution is -2.39. The molecule has 0 atom stereocenters. The number of hydrogen-bond acceptors (Lipinski definition) is 4. The van der Waals surface area contributed by atoms with Crippen LogP contribution in [-0.2, 0) is 12.0 Å². The largest absolute Gasteiger partial charge is 0.389 e. The summed E-state index contributed by atoms with van der Waals surface area (Å²) < 4.78 is 41.2. The molecule has 2 rings (SSSR count). The minimum absolute atomic E-state index is 0.0812. The van der Waals surface area contributed by atoms with Crippen molar-refractivity contribution in [3.8, 4) is 0 Å². The highest BCUT2D eigenvalue weighted by Gasteiger charge is 2.35. The summed E-state index contributed by atoms with van der Waals surface area (Å²) in [6, 6.07) is 0. The Balaban J connectivity index is 2.01. The number of aromatic nitrogens is 2. The summed E-state index contributed by atoms with van der Waals surface area (Å²) in [6.07, 6.45) is -0.831. The SMILES string of the molecule is NC1(c2nc(CCC(F)(F)F)no2)CCCCC1. The van der Waals surface area contributed by atoms with E-state index >= 15 is 0 Å². The third kappa shape index (κ3) is 3.22. The van der Waals surface area contributed by atoms with Crippen LogP contribution in [0.4, 0.5) is 13.2 Å². The molecule has 4 nitrogen and oxygen atoms in total. The molecule has 7 heteroatoms. The Bertz CT molecular complexity index is 396. The van der Waals surface area contributed by atoms with Crippen molar-refractivity contribution in [2.24, 2.45) is 5.73 Å². The summed E-state index contributed by atoms with van der Waals surface area (Å²) in [5, 5.41) is 3.57. The quantitative estimate of drug-likeness (QED) is 0.910. The van der Waals surface area contributed by atoms with Gasteiger partial charge in [-0.05, 0) is 12.8 Å². The molecule has 1 aliphatic rings. The summed E-state index contributed by atoms with van der Waals surface area (Å²) in [5.41, 5.74) is 5.51. The van der Waals surface area contributed by atoms with Crippen molar-refractivity contribution in [1.29, 1.82) is 0 Å². The molecule has 0 radical (unpaired) electrons. The molecular weight excluding hydrogens is 247 g/mol. The van der Waals surface area contributed by atoms with Crippen LogP contribution in [0.2, 0.25) is 0 Å². The third-order valence-corrected chi connectivity index (χ3v) is 3.27. The molecule has 0 bridgehead atoms. The van der Waals surface area contributed by atoms with Crippen molar-refractivity contribution in [2.45, 2.75) is 56.7 Å². The first kappa shape index (κ1) is 13.3. The highest BCUT2D eigenvalue weighted by Crippen LogP contribution is 2.33. The number of aryl methyl sites for hydroxylation is 1. The first-order valence-corrected chi connectivity index (χ1v) is 6.08. The molecule has 1 aromatic heterocycles. The zero-order chi connectivity index (χ0) is 13.2. The van der Waals surface area contributed by atoms with E-state index in [2.05, 4.69) is 10.1 Å². The molecule has 1 saturated carbocycles. The van der Waals surface area contributed by atoms with Crippen molar-refractivity contribution >= 4 is 0 Å². The number of alkyl halides is 3. The Morgan fingerprint density at radius 1 is 1.22 bits per heavy atom. The molecule has 0 aliphatic heterocycles. The number of halogens is 3. The number of hydrogen-bond donors (Lipinski definition) is 1. The first-order valence-electron chi connectivity index (χ1n) is 6.08. The van der Waals surface area contributed by atoms with E-state index in [0.717, 1.165) is 32.1 Å². The van der Waals surface area contributed by atoms with E-state index in [0.29, 0.717) is 0 Å². The molecule has 0 aromatic carbocycles. The van der Waals surface area contributed by atoms with Gasteiger partial charge in [0.2, 0.25) is 5.89 Å². The van der Waals surface area contributed by atoms with Gasteiger partial charge < -0.3 is 10.3 Å². The smallest absolute Gasteiger partial charge is 0.337 e. The normalized spacial score (nSPS) is 20.0. The van der Waals surface area contributed by atoms with Gasteiger partial charge in [0.05, 0.1) is 12.0 Å². The lowest BCUT2D eigenvalue weighted by molar-refractivity contribution is -0.134. The number of nitrogens with zero attached hydrogens (tertiary/aromatic N) is 2. The molecular formula is C11H16F3N3O. The summed E-state index contributed by atoms with van der Waals surface area (Å²) in [7, 11) is 0. The first-order chi connectivity index (χ1) is 8.39. The third-order valence-electron chi connectivity index (χ3n) is 3.27. The van der Waals surface area contributed by atoms with Crippen molar-refractivity contribution in [3.05, 3.63) is 11.7 Å². The fourth-order valence-electron chi connectivity index (χ4n) is 2.21. The van der Waals surface area contributed by atoms with Crippen LogP contribution >= 0.6 is 0 Å². The second-order valence-electron chi connectivity index (χ2n) is 4.85. The number of nitrogens with two attached hydrogens (primary N) is 1. The Morgan fingerprint density at radius 3 is 2.50 bits per heavy atom. The van der Waals surface area contributed by atoms with Gasteiger partial charge in [-0.3, -0.25) is 0 Å². The van der Waals surface area contributed by atoms with Crippen LogP contribution in [0.3, 0.4) is 0 Å². The van der Waals surface area contributed by atoms with Gasteiger partial charge in [0, 0.05) is 6.42 Å². The van der Waals surface area contributed by atoms with Crippen molar-refractivity contribution in [1.82, 2.24) is 10.1 Å². The zero-order valence-electron chi connectivity index (χ0n) is 9.96. The lowest BCUT2D eigenvalue weighted by atomic mass is 9.82. The van der Waals surface area contributed by atoms with E-state index in [9.17, 15) is 13.2 Å². The predicted octanol–water partition coefficient (Wildman–Crippen LogP) is 2.68. The van der Waals surface area contributed by atoms with Gasteiger partial charge in [-0.15, -0.1) is 0 Å². The molecule has 0 amide bonds. The molecule has 1 heterocycles. The van der Waals surface area contributed by atoms with Gasteiger partial charge in [0.1, 0.15) is 0 Å². The number of rotatable bonds is 3. The van der Waals surface area contributed by atoms with E-state index in [4.69, 9.17) is 10.3 Å². The monoisotopic (exact) mass is 263 g/mol. The van der Waals surface area contributed by atoms with E-state index < -0.39 is 18.1 Å². The minimum Gasteiger partial charge on any atom is -0.337 e. The van der Waals surface area contributed by atoms with Crippen molar-refractivity contribution in [3.63, 3.8) is 0 Å². The van der Waals surface area contributed by atoms with Gasteiger partial charge in [-0.25, -0.2) is 0 Å². The van der Waals surface area contributed by atoms with Gasteiger partial charge >= 0.3 is 6.18 Å². The second kappa shape index (κ2) is 4.87. The summed E-state index contributed by atoms with van der Waals surface area (Å²) in [5.74, 6) is 0.358. The molecule has 2 N–H and O–H groups in total. The van der Waals surface area contributed by atoms with Gasteiger partial charge in [-0.1, -0.05) is 24.4 Å². The van der Waals surface area contributed by atoms with E-state index in [1.807, 2.05) is 0 Å². The molecule has 18 heavy (non-hydrogen) atoms. The average molecular weight is 263 g/mol. The van der Waals surface area contributed by atoms with Crippen LogP contribution in [0.25, 0.3) is 0 Å². The minimum atomic E-state index is -4.20. The average Bonchev–Trinajstić information content (AvgIpc) is 2.76. The standard InChI is InChI=1S/C11H16F3N3O/c12-11(13,14)7-4-8-16-9(18-17-8)10(15)5-2-1-3-6-10/h1-7,15H2. The van der Waals surface area contributed by atoms with Crippen molar-refractivity contribution in [2.75, 3.05) is 0 Å².